The summed E-state index contributed by atoms with van der Waals surface area (Å²) in [7, 11) is -3.15. The molecule has 2 N–H and O–H groups in total. The number of halogens is 1. The van der Waals surface area contributed by atoms with Crippen LogP contribution in [0.15, 0.2) is 18.2 Å². The molecule has 0 saturated carbocycles. The van der Waals surface area contributed by atoms with Gasteiger partial charge in [-0.05, 0) is 6.07 Å². The van der Waals surface area contributed by atoms with E-state index in [4.69, 9.17) is 18.0 Å². The lowest BCUT2D eigenvalue weighted by molar-refractivity contribution is 0.180. The Morgan fingerprint density at radius 1 is 1.33 bits per heavy atom. The molecule has 0 atom stereocenters. The molecule has 5 nitrogen and oxygen atoms in total. The van der Waals surface area contributed by atoms with Gasteiger partial charge >= 0.3 is 0 Å². The molecule has 0 unspecified atom stereocenters. The summed E-state index contributed by atoms with van der Waals surface area (Å²) < 4.78 is 38.6. The minimum Gasteiger partial charge on any atom is -0.389 e. The predicted molar refractivity (Wildman–Crippen MR) is 84.0 cm³/mol. The topological polar surface area (TPSA) is 66.6 Å². The largest absolute Gasteiger partial charge is 0.389 e. The fourth-order valence-corrected chi connectivity index (χ4v) is 3.34. The lowest BCUT2D eigenvalue weighted by Gasteiger charge is -2.33. The minimum atomic E-state index is -3.15. The number of thiocarbonyl (C=S) groups is 1. The van der Waals surface area contributed by atoms with Crippen molar-refractivity contribution in [3.8, 4) is 0 Å². The van der Waals surface area contributed by atoms with Gasteiger partial charge in [0.25, 0.3) is 0 Å². The summed E-state index contributed by atoms with van der Waals surface area (Å²) in [6.07, 6.45) is 1.20. The molecule has 1 heterocycles. The van der Waals surface area contributed by atoms with Crippen LogP contribution in [0.5, 0.6) is 0 Å². The van der Waals surface area contributed by atoms with E-state index in [9.17, 15) is 12.8 Å². The fraction of sp³-hybridized carbons (Fsp3) is 0.462. The van der Waals surface area contributed by atoms with Gasteiger partial charge in [-0.25, -0.2) is 12.8 Å². The lowest BCUT2D eigenvalue weighted by atomic mass is 10.1. The van der Waals surface area contributed by atoms with Gasteiger partial charge < -0.3 is 5.73 Å². The van der Waals surface area contributed by atoms with Gasteiger partial charge in [0.1, 0.15) is 10.8 Å². The third-order valence-corrected chi connectivity index (χ3v) is 5.06. The molecule has 1 aromatic carbocycles. The second kappa shape index (κ2) is 6.35. The van der Waals surface area contributed by atoms with Crippen molar-refractivity contribution in [3.05, 3.63) is 35.1 Å². The third-order valence-electron chi connectivity index (χ3n) is 3.54. The van der Waals surface area contributed by atoms with E-state index in [1.807, 2.05) is 4.90 Å². The van der Waals surface area contributed by atoms with Crippen LogP contribution in [0.3, 0.4) is 0 Å². The Morgan fingerprint density at radius 3 is 2.48 bits per heavy atom. The SMILES string of the molecule is CS(=O)(=O)N1CCN(Cc2cccc(C(N)=S)c2F)CC1. The number of rotatable bonds is 4. The first-order valence-electron chi connectivity index (χ1n) is 6.53. The van der Waals surface area contributed by atoms with Gasteiger partial charge in [-0.3, -0.25) is 4.90 Å². The van der Waals surface area contributed by atoms with Gasteiger partial charge in [-0.1, -0.05) is 24.4 Å². The number of sulfonamides is 1. The predicted octanol–water partition coefficient (Wildman–Crippen LogP) is 0.537. The summed E-state index contributed by atoms with van der Waals surface area (Å²) in [4.78, 5) is 2.06. The number of hydrogen-bond donors (Lipinski definition) is 1. The molecule has 8 heteroatoms. The van der Waals surface area contributed by atoms with Crippen molar-refractivity contribution in [2.45, 2.75) is 6.54 Å². The van der Waals surface area contributed by atoms with E-state index in [0.29, 0.717) is 38.3 Å². The Bertz CT molecular complexity index is 641. The monoisotopic (exact) mass is 331 g/mol. The fourth-order valence-electron chi connectivity index (χ4n) is 2.35. The van der Waals surface area contributed by atoms with Gasteiger partial charge in [0.15, 0.2) is 0 Å². The van der Waals surface area contributed by atoms with Crippen molar-refractivity contribution in [1.29, 1.82) is 0 Å². The molecule has 1 aliphatic rings. The molecule has 1 fully saturated rings. The van der Waals surface area contributed by atoms with Crippen LogP contribution in [0, 0.1) is 5.82 Å². The normalized spacial score (nSPS) is 17.8. The van der Waals surface area contributed by atoms with Crippen LogP contribution in [0.2, 0.25) is 0 Å². The van der Waals surface area contributed by atoms with Crippen LogP contribution in [0.25, 0.3) is 0 Å². The van der Waals surface area contributed by atoms with Crippen LogP contribution < -0.4 is 5.73 Å². The summed E-state index contributed by atoms with van der Waals surface area (Å²) in [5.41, 5.74) is 6.26. The van der Waals surface area contributed by atoms with Gasteiger partial charge in [0.2, 0.25) is 10.0 Å². The average Bonchev–Trinajstić information content (AvgIpc) is 2.40. The highest BCUT2D eigenvalue weighted by Gasteiger charge is 2.24. The number of benzene rings is 1. The van der Waals surface area contributed by atoms with Crippen LogP contribution in [-0.2, 0) is 16.6 Å². The number of hydrogen-bond acceptors (Lipinski definition) is 4. The molecule has 1 saturated heterocycles. The molecule has 0 bridgehead atoms. The second-order valence-corrected chi connectivity index (χ2v) is 7.50. The Labute approximate surface area is 129 Å². The quantitative estimate of drug-likeness (QED) is 0.816. The van der Waals surface area contributed by atoms with Crippen molar-refractivity contribution in [1.82, 2.24) is 9.21 Å². The smallest absolute Gasteiger partial charge is 0.211 e. The lowest BCUT2D eigenvalue weighted by Crippen LogP contribution is -2.47. The molecule has 0 spiro atoms. The van der Waals surface area contributed by atoms with Crippen LogP contribution >= 0.6 is 12.2 Å². The van der Waals surface area contributed by atoms with Crippen molar-refractivity contribution >= 4 is 27.2 Å². The van der Waals surface area contributed by atoms with E-state index in [1.165, 1.54) is 10.6 Å². The number of nitrogens with zero attached hydrogens (tertiary/aromatic N) is 2. The zero-order valence-electron chi connectivity index (χ0n) is 11.8. The minimum absolute atomic E-state index is 0.0382. The Kier molecular flexibility index (Phi) is 4.92. The zero-order chi connectivity index (χ0) is 15.6. The van der Waals surface area contributed by atoms with Crippen LogP contribution in [0.1, 0.15) is 11.1 Å². The maximum Gasteiger partial charge on any atom is 0.211 e. The molecule has 2 rings (SSSR count). The first kappa shape index (κ1) is 16.3. The molecule has 0 amide bonds. The molecule has 0 radical (unpaired) electrons. The molecule has 0 aliphatic carbocycles. The average molecular weight is 331 g/mol. The highest BCUT2D eigenvalue weighted by molar-refractivity contribution is 7.88. The Morgan fingerprint density at radius 2 is 1.95 bits per heavy atom. The second-order valence-electron chi connectivity index (χ2n) is 5.08. The highest BCUT2D eigenvalue weighted by atomic mass is 32.2. The van der Waals surface area contributed by atoms with Gasteiger partial charge in [0.05, 0.1) is 6.26 Å². The van der Waals surface area contributed by atoms with E-state index in [0.717, 1.165) is 0 Å². The molecule has 0 aromatic heterocycles. The van der Waals surface area contributed by atoms with E-state index in [2.05, 4.69) is 0 Å². The van der Waals surface area contributed by atoms with E-state index < -0.39 is 15.8 Å². The maximum absolute atomic E-state index is 14.2. The summed E-state index contributed by atoms with van der Waals surface area (Å²) in [5.74, 6) is -0.393. The van der Waals surface area contributed by atoms with Crippen molar-refractivity contribution in [2.24, 2.45) is 5.73 Å². The first-order chi connectivity index (χ1) is 9.79. The molecule has 1 aromatic rings. The van der Waals surface area contributed by atoms with Crippen molar-refractivity contribution in [2.75, 3.05) is 32.4 Å². The summed E-state index contributed by atoms with van der Waals surface area (Å²) >= 11 is 4.82. The van der Waals surface area contributed by atoms with Crippen LogP contribution in [-0.4, -0.2) is 55.0 Å². The summed E-state index contributed by atoms with van der Waals surface area (Å²) in [6, 6.07) is 4.97. The Hall–Kier alpha value is -1.09. The van der Waals surface area contributed by atoms with Crippen molar-refractivity contribution < 1.29 is 12.8 Å². The number of nitrogens with two attached hydrogens (primary N) is 1. The number of piperazine rings is 1. The van der Waals surface area contributed by atoms with E-state index >= 15 is 0 Å². The molecular formula is C13H18FN3O2S2. The highest BCUT2D eigenvalue weighted by Crippen LogP contribution is 2.16. The molecular weight excluding hydrogens is 313 g/mol. The summed E-state index contributed by atoms with van der Waals surface area (Å²) in [5, 5.41) is 0. The molecule has 116 valence electrons. The summed E-state index contributed by atoms with van der Waals surface area (Å²) in [6.45, 7) is 2.42. The van der Waals surface area contributed by atoms with Crippen LogP contribution in [0.4, 0.5) is 4.39 Å². The standard InChI is InChI=1S/C13H18FN3O2S2/c1-21(18,19)17-7-5-16(6-8-17)9-10-3-2-4-11(12(10)14)13(15)20/h2-4H,5-9H2,1H3,(H2,15,20). The van der Waals surface area contributed by atoms with Gasteiger partial charge in [-0.2, -0.15) is 4.31 Å². The first-order valence-corrected chi connectivity index (χ1v) is 8.79. The van der Waals surface area contributed by atoms with Gasteiger partial charge in [-0.15, -0.1) is 0 Å². The zero-order valence-corrected chi connectivity index (χ0v) is 13.4. The van der Waals surface area contributed by atoms with Gasteiger partial charge in [0, 0.05) is 43.9 Å². The van der Waals surface area contributed by atoms with E-state index in [1.54, 1.807) is 18.2 Å². The van der Waals surface area contributed by atoms with Crippen molar-refractivity contribution in [3.63, 3.8) is 0 Å². The molecule has 1 aliphatic heterocycles. The Balaban J connectivity index is 2.05. The third kappa shape index (κ3) is 3.97. The molecule has 21 heavy (non-hydrogen) atoms. The van der Waals surface area contributed by atoms with E-state index in [-0.39, 0.29) is 10.6 Å². The maximum atomic E-state index is 14.2.